The van der Waals surface area contributed by atoms with E-state index in [1.54, 1.807) is 11.3 Å². The molecule has 0 spiro atoms. The van der Waals surface area contributed by atoms with E-state index in [0.29, 0.717) is 17.5 Å². The van der Waals surface area contributed by atoms with Gasteiger partial charge in [0.2, 0.25) is 0 Å². The van der Waals surface area contributed by atoms with Crippen molar-refractivity contribution in [2.75, 3.05) is 0 Å². The Kier molecular flexibility index (Phi) is 9.73. The number of benzene rings is 9. The molecule has 0 amide bonds. The molecule has 3 nitrogen and oxygen atoms in total. The fraction of sp³-hybridized carbons (Fsp3) is 0. The van der Waals surface area contributed by atoms with Gasteiger partial charge in [0.05, 0.1) is 0 Å². The monoisotopic (exact) mass is 825 g/mol. The highest BCUT2D eigenvalue weighted by Crippen LogP contribution is 2.36. The maximum atomic E-state index is 5.24. The summed E-state index contributed by atoms with van der Waals surface area (Å²) in [5.41, 5.74) is 7.46. The van der Waals surface area contributed by atoms with Crippen LogP contribution in [0.2, 0.25) is 0 Å². The van der Waals surface area contributed by atoms with Crippen LogP contribution in [0.25, 0.3) is 76.6 Å². The number of hydrogen-bond donors (Lipinski definition) is 0. The van der Waals surface area contributed by atoms with Crippen molar-refractivity contribution in [2.24, 2.45) is 0 Å². The molecule has 0 aliphatic heterocycles. The molecule has 0 aliphatic rings. The van der Waals surface area contributed by atoms with E-state index in [9.17, 15) is 0 Å². The third-order valence-corrected chi connectivity index (χ3v) is 17.8. The summed E-state index contributed by atoms with van der Waals surface area (Å²) in [6.45, 7) is 0. The van der Waals surface area contributed by atoms with Gasteiger partial charge in [0.1, 0.15) is 0 Å². The topological polar surface area (TPSA) is 38.7 Å². The van der Waals surface area contributed by atoms with Crippen LogP contribution in [0, 0.1) is 0 Å². The van der Waals surface area contributed by atoms with E-state index in [0.717, 1.165) is 27.8 Å². The number of fused-ring (bicyclic) bond motifs is 3. The van der Waals surface area contributed by atoms with Crippen molar-refractivity contribution in [3.8, 4) is 56.4 Å². The minimum absolute atomic E-state index is 0.634. The number of nitrogens with zero attached hydrogens (tertiary/aromatic N) is 3. The highest BCUT2D eigenvalue weighted by Gasteiger charge is 2.41. The molecule has 5 heteroatoms. The van der Waals surface area contributed by atoms with Crippen molar-refractivity contribution >= 4 is 60.3 Å². The van der Waals surface area contributed by atoms with Gasteiger partial charge in [0, 0.05) is 36.9 Å². The zero-order valence-corrected chi connectivity index (χ0v) is 35.6. The van der Waals surface area contributed by atoms with Gasteiger partial charge in [0.15, 0.2) is 25.5 Å². The van der Waals surface area contributed by atoms with E-state index < -0.39 is 8.07 Å². The van der Waals surface area contributed by atoms with Crippen molar-refractivity contribution in [2.45, 2.75) is 0 Å². The summed E-state index contributed by atoms with van der Waals surface area (Å²) in [6.07, 6.45) is 0. The Morgan fingerprint density at radius 1 is 0.258 bits per heavy atom. The largest absolute Gasteiger partial charge is 0.208 e. The molecule has 0 N–H and O–H groups in total. The first-order valence-electron chi connectivity index (χ1n) is 20.9. The molecule has 11 aromatic rings. The zero-order chi connectivity index (χ0) is 41.3. The Labute approximate surface area is 366 Å². The first-order valence-corrected chi connectivity index (χ1v) is 23.7. The van der Waals surface area contributed by atoms with Gasteiger partial charge in [-0.2, -0.15) is 0 Å². The molecule has 0 saturated heterocycles. The number of hydrogen-bond acceptors (Lipinski definition) is 4. The lowest BCUT2D eigenvalue weighted by Crippen LogP contribution is -2.74. The van der Waals surface area contributed by atoms with E-state index in [2.05, 4.69) is 237 Å². The number of aromatic nitrogens is 3. The van der Waals surface area contributed by atoms with Gasteiger partial charge in [0.25, 0.3) is 0 Å². The average Bonchev–Trinajstić information content (AvgIpc) is 3.74. The second kappa shape index (κ2) is 16.1. The molecule has 0 saturated carbocycles. The quantitative estimate of drug-likeness (QED) is 0.107. The summed E-state index contributed by atoms with van der Waals surface area (Å²) < 4.78 is 2.48. The fourth-order valence-electron chi connectivity index (χ4n) is 8.89. The van der Waals surface area contributed by atoms with Crippen LogP contribution in [-0.4, -0.2) is 23.0 Å². The molecule has 11 rings (SSSR count). The Morgan fingerprint density at radius 3 is 1.24 bits per heavy atom. The maximum Gasteiger partial charge on any atom is 0.179 e. The first-order chi connectivity index (χ1) is 30.7. The average molecular weight is 826 g/mol. The summed E-state index contributed by atoms with van der Waals surface area (Å²) in [5, 5.41) is 7.81. The molecule has 292 valence electrons. The van der Waals surface area contributed by atoms with Crippen LogP contribution >= 0.6 is 11.3 Å². The summed E-state index contributed by atoms with van der Waals surface area (Å²) >= 11 is 1.80. The Hall–Kier alpha value is -7.57. The van der Waals surface area contributed by atoms with Gasteiger partial charge in [-0.05, 0) is 61.2 Å². The van der Waals surface area contributed by atoms with E-state index in [1.807, 2.05) is 0 Å². The van der Waals surface area contributed by atoms with E-state index in [-0.39, 0.29) is 0 Å². The number of rotatable bonds is 9. The molecule has 9 aromatic carbocycles. The third kappa shape index (κ3) is 6.84. The standard InChI is InChI=1S/C57H39N3SSi/c1-5-16-40(17-6-1)41-28-30-42(31-29-41)44-18-15-19-45(38-44)56-58-55(59-57(60-56)46-34-37-52-51-26-13-14-27-53(51)61-54(52)39-46)43-32-35-50(36-33-43)62(47-20-7-2-8-21-47,48-22-9-3-10-23-48)49-24-11-4-12-25-49/h1-39H. The van der Waals surface area contributed by atoms with Crippen molar-refractivity contribution in [1.29, 1.82) is 0 Å². The predicted octanol–water partition coefficient (Wildman–Crippen LogP) is 12.0. The molecule has 0 fully saturated rings. The lowest BCUT2D eigenvalue weighted by Gasteiger charge is -2.34. The van der Waals surface area contributed by atoms with Crippen molar-refractivity contribution < 1.29 is 0 Å². The van der Waals surface area contributed by atoms with Crippen LogP contribution in [0.15, 0.2) is 237 Å². The molecular formula is C57H39N3SSi. The van der Waals surface area contributed by atoms with Gasteiger partial charge in [-0.3, -0.25) is 0 Å². The summed E-state index contributed by atoms with van der Waals surface area (Å²) in [5.74, 6) is 1.92. The summed E-state index contributed by atoms with van der Waals surface area (Å²) in [4.78, 5) is 15.7. The van der Waals surface area contributed by atoms with Crippen LogP contribution in [0.1, 0.15) is 0 Å². The van der Waals surface area contributed by atoms with Gasteiger partial charge < -0.3 is 0 Å². The zero-order valence-electron chi connectivity index (χ0n) is 33.8. The smallest absolute Gasteiger partial charge is 0.179 e. The Morgan fingerprint density at radius 2 is 0.645 bits per heavy atom. The van der Waals surface area contributed by atoms with Crippen LogP contribution < -0.4 is 20.7 Å². The van der Waals surface area contributed by atoms with Crippen molar-refractivity contribution in [1.82, 2.24) is 15.0 Å². The van der Waals surface area contributed by atoms with Gasteiger partial charge in [-0.25, -0.2) is 15.0 Å². The Bertz CT molecular complexity index is 3220. The third-order valence-electron chi connectivity index (χ3n) is 11.9. The molecule has 0 radical (unpaired) electrons. The normalized spacial score (nSPS) is 11.5. The molecule has 62 heavy (non-hydrogen) atoms. The maximum absolute atomic E-state index is 5.24. The minimum Gasteiger partial charge on any atom is -0.208 e. The molecular weight excluding hydrogens is 787 g/mol. The van der Waals surface area contributed by atoms with Gasteiger partial charge in [-0.1, -0.05) is 218 Å². The number of thiophene rings is 1. The van der Waals surface area contributed by atoms with Crippen molar-refractivity contribution in [3.05, 3.63) is 237 Å². The van der Waals surface area contributed by atoms with Gasteiger partial charge in [-0.15, -0.1) is 11.3 Å². The second-order valence-electron chi connectivity index (χ2n) is 15.6. The van der Waals surface area contributed by atoms with Gasteiger partial charge >= 0.3 is 0 Å². The highest BCUT2D eigenvalue weighted by molar-refractivity contribution is 7.25. The van der Waals surface area contributed by atoms with Crippen LogP contribution in [-0.2, 0) is 0 Å². The summed E-state index contributed by atoms with van der Waals surface area (Å²) in [7, 11) is -2.70. The molecule has 0 aliphatic carbocycles. The molecule has 0 bridgehead atoms. The Balaban J connectivity index is 1.05. The molecule has 0 atom stereocenters. The molecule has 0 unspecified atom stereocenters. The fourth-order valence-corrected chi connectivity index (χ4v) is 14.8. The lowest BCUT2D eigenvalue weighted by molar-refractivity contribution is 1.07. The molecule has 2 aromatic heterocycles. The lowest BCUT2D eigenvalue weighted by atomic mass is 9.99. The SMILES string of the molecule is c1ccc(-c2ccc(-c3cccc(-c4nc(-c5ccc([Si](c6ccccc6)(c6ccccc6)c6ccccc6)cc5)nc(-c5ccc6c(c5)sc5ccccc56)n4)c3)cc2)cc1. The molecule has 2 heterocycles. The second-order valence-corrected chi connectivity index (χ2v) is 20.5. The van der Waals surface area contributed by atoms with E-state index >= 15 is 0 Å². The van der Waals surface area contributed by atoms with E-state index in [4.69, 9.17) is 15.0 Å². The highest BCUT2D eigenvalue weighted by atomic mass is 32.1. The van der Waals surface area contributed by atoms with Crippen LogP contribution in [0.3, 0.4) is 0 Å². The summed E-state index contributed by atoms with van der Waals surface area (Å²) in [6, 6.07) is 85.1. The predicted molar refractivity (Wildman–Crippen MR) is 264 cm³/mol. The van der Waals surface area contributed by atoms with Crippen LogP contribution in [0.4, 0.5) is 0 Å². The van der Waals surface area contributed by atoms with Crippen LogP contribution in [0.5, 0.6) is 0 Å². The van der Waals surface area contributed by atoms with E-state index in [1.165, 1.54) is 52.0 Å². The first kappa shape index (κ1) is 37.4. The minimum atomic E-state index is -2.70. The van der Waals surface area contributed by atoms with Crippen molar-refractivity contribution in [3.63, 3.8) is 0 Å².